The minimum atomic E-state index is -0.524. The molecule has 3 rings (SSSR count). The first-order valence-electron chi connectivity index (χ1n) is 9.22. The first-order valence-corrected chi connectivity index (χ1v) is 9.22. The number of imide groups is 1. The van der Waals surface area contributed by atoms with Crippen LogP contribution in [-0.2, 0) is 20.7 Å². The monoisotopic (exact) mass is 385 g/mol. The van der Waals surface area contributed by atoms with Crippen LogP contribution in [0.3, 0.4) is 0 Å². The Balaban J connectivity index is 1.61. The molecule has 1 heterocycles. The average molecular weight is 385 g/mol. The van der Waals surface area contributed by atoms with Gasteiger partial charge >= 0.3 is 5.97 Å². The third-order valence-corrected chi connectivity index (χ3v) is 4.64. The van der Waals surface area contributed by atoms with Crippen LogP contribution in [0.5, 0.6) is 0 Å². The zero-order chi connectivity index (χ0) is 20.1. The quantitative estimate of drug-likeness (QED) is 0.578. The van der Waals surface area contributed by atoms with Gasteiger partial charge in [0.15, 0.2) is 6.04 Å². The maximum atomic E-state index is 13.7. The molecule has 1 saturated heterocycles. The molecular formula is C21H22FN2O4+. The number of quaternary nitrogens is 1. The lowest BCUT2D eigenvalue weighted by molar-refractivity contribution is -0.674. The molecule has 0 aromatic heterocycles. The van der Waals surface area contributed by atoms with Crippen LogP contribution in [0.25, 0.3) is 0 Å². The summed E-state index contributed by atoms with van der Waals surface area (Å²) in [5.41, 5.74) is 1.37. The van der Waals surface area contributed by atoms with Crippen molar-refractivity contribution in [2.45, 2.75) is 25.8 Å². The van der Waals surface area contributed by atoms with Gasteiger partial charge in [0.25, 0.3) is 5.91 Å². The molecule has 2 aromatic rings. The van der Waals surface area contributed by atoms with E-state index in [0.717, 1.165) is 4.90 Å². The molecular weight excluding hydrogens is 363 g/mol. The maximum absolute atomic E-state index is 13.7. The van der Waals surface area contributed by atoms with E-state index in [2.05, 4.69) is 0 Å². The molecule has 1 aliphatic rings. The topological polar surface area (TPSA) is 80.3 Å². The van der Waals surface area contributed by atoms with E-state index in [0.29, 0.717) is 29.8 Å². The van der Waals surface area contributed by atoms with E-state index in [1.54, 1.807) is 42.6 Å². The van der Waals surface area contributed by atoms with E-state index in [-0.39, 0.29) is 30.7 Å². The van der Waals surface area contributed by atoms with Gasteiger partial charge in [-0.2, -0.15) is 0 Å². The van der Waals surface area contributed by atoms with E-state index in [4.69, 9.17) is 4.74 Å². The van der Waals surface area contributed by atoms with Crippen LogP contribution < -0.4 is 10.2 Å². The molecule has 1 fully saturated rings. The Kier molecular flexibility index (Phi) is 6.16. The van der Waals surface area contributed by atoms with E-state index in [1.165, 1.54) is 18.2 Å². The number of nitrogens with two attached hydrogens (primary N) is 1. The van der Waals surface area contributed by atoms with Gasteiger partial charge in [0.05, 0.1) is 30.8 Å². The van der Waals surface area contributed by atoms with Crippen molar-refractivity contribution in [2.24, 2.45) is 0 Å². The molecule has 1 atom stereocenters. The maximum Gasteiger partial charge on any atom is 0.338 e. The van der Waals surface area contributed by atoms with Crippen molar-refractivity contribution in [3.8, 4) is 0 Å². The summed E-state index contributed by atoms with van der Waals surface area (Å²) in [5.74, 6) is -1.32. The lowest BCUT2D eigenvalue weighted by Crippen LogP contribution is -2.92. The van der Waals surface area contributed by atoms with Gasteiger partial charge in [0.1, 0.15) is 5.82 Å². The van der Waals surface area contributed by atoms with E-state index >= 15 is 0 Å². The van der Waals surface area contributed by atoms with Crippen molar-refractivity contribution in [3.63, 3.8) is 0 Å². The highest BCUT2D eigenvalue weighted by Gasteiger charge is 2.42. The molecule has 0 bridgehead atoms. The van der Waals surface area contributed by atoms with E-state index in [9.17, 15) is 18.8 Å². The predicted octanol–water partition coefficient (Wildman–Crippen LogP) is 1.44. The minimum absolute atomic E-state index is 0.0930. The van der Waals surface area contributed by atoms with Crippen LogP contribution in [-0.4, -0.2) is 37.0 Å². The molecule has 28 heavy (non-hydrogen) atoms. The fourth-order valence-corrected chi connectivity index (χ4v) is 3.21. The zero-order valence-electron chi connectivity index (χ0n) is 15.6. The number of halogens is 1. The number of carbonyl (C=O) groups excluding carboxylic acids is 3. The Hall–Kier alpha value is -3.06. The molecule has 0 radical (unpaired) electrons. The van der Waals surface area contributed by atoms with Gasteiger partial charge in [0.2, 0.25) is 5.91 Å². The van der Waals surface area contributed by atoms with Gasteiger partial charge in [0, 0.05) is 6.42 Å². The van der Waals surface area contributed by atoms with Crippen molar-refractivity contribution >= 4 is 23.5 Å². The third kappa shape index (κ3) is 4.26. The predicted molar refractivity (Wildman–Crippen MR) is 100 cm³/mol. The zero-order valence-corrected chi connectivity index (χ0v) is 15.6. The highest BCUT2D eigenvalue weighted by atomic mass is 19.1. The molecule has 0 unspecified atom stereocenters. The summed E-state index contributed by atoms with van der Waals surface area (Å²) in [4.78, 5) is 37.8. The Morgan fingerprint density at radius 2 is 1.89 bits per heavy atom. The number of amides is 2. The highest BCUT2D eigenvalue weighted by molar-refractivity contribution is 6.21. The largest absolute Gasteiger partial charge is 0.462 e. The number of ether oxygens (including phenoxy) is 1. The number of esters is 1. The smallest absolute Gasteiger partial charge is 0.338 e. The summed E-state index contributed by atoms with van der Waals surface area (Å²) in [7, 11) is 0. The van der Waals surface area contributed by atoms with Crippen molar-refractivity contribution in [2.75, 3.05) is 18.1 Å². The van der Waals surface area contributed by atoms with Crippen LogP contribution in [0.2, 0.25) is 0 Å². The number of hydrogen-bond donors (Lipinski definition) is 1. The minimum Gasteiger partial charge on any atom is -0.462 e. The van der Waals surface area contributed by atoms with E-state index < -0.39 is 12.0 Å². The van der Waals surface area contributed by atoms with Crippen LogP contribution in [0.15, 0.2) is 48.5 Å². The fraction of sp³-hybridized carbons (Fsp3) is 0.286. The number of anilines is 1. The third-order valence-electron chi connectivity index (χ3n) is 4.64. The second kappa shape index (κ2) is 8.75. The Bertz CT molecular complexity index is 882. The lowest BCUT2D eigenvalue weighted by atomic mass is 10.1. The van der Waals surface area contributed by atoms with E-state index in [1.807, 2.05) is 0 Å². The van der Waals surface area contributed by atoms with Crippen LogP contribution in [0.4, 0.5) is 10.1 Å². The summed E-state index contributed by atoms with van der Waals surface area (Å²) in [6, 6.07) is 12.2. The molecule has 2 amide bonds. The van der Waals surface area contributed by atoms with Gasteiger partial charge in [-0.05, 0) is 42.8 Å². The second-order valence-corrected chi connectivity index (χ2v) is 6.51. The van der Waals surface area contributed by atoms with Gasteiger partial charge in [-0.25, -0.2) is 14.1 Å². The average Bonchev–Trinajstić information content (AvgIpc) is 2.97. The number of carbonyl (C=O) groups is 3. The molecule has 2 N–H and O–H groups in total. The fourth-order valence-electron chi connectivity index (χ4n) is 3.21. The summed E-state index contributed by atoms with van der Waals surface area (Å²) < 4.78 is 18.6. The second-order valence-electron chi connectivity index (χ2n) is 6.51. The lowest BCUT2D eigenvalue weighted by Gasteiger charge is -2.14. The first kappa shape index (κ1) is 19.7. The van der Waals surface area contributed by atoms with Crippen molar-refractivity contribution in [3.05, 3.63) is 65.5 Å². The summed E-state index contributed by atoms with van der Waals surface area (Å²) in [5, 5.41) is 1.78. The Labute approximate surface area is 162 Å². The number of rotatable bonds is 7. The molecule has 0 spiro atoms. The molecule has 7 heteroatoms. The summed E-state index contributed by atoms with van der Waals surface area (Å²) >= 11 is 0. The molecule has 146 valence electrons. The van der Waals surface area contributed by atoms with Crippen LogP contribution in [0, 0.1) is 5.82 Å². The normalized spacial score (nSPS) is 16.5. The summed E-state index contributed by atoms with van der Waals surface area (Å²) in [6.45, 7) is 2.49. The highest BCUT2D eigenvalue weighted by Crippen LogP contribution is 2.22. The Morgan fingerprint density at radius 1 is 1.18 bits per heavy atom. The molecule has 0 aliphatic carbocycles. The molecule has 6 nitrogen and oxygen atoms in total. The van der Waals surface area contributed by atoms with Crippen LogP contribution in [0.1, 0.15) is 29.3 Å². The van der Waals surface area contributed by atoms with Gasteiger partial charge in [-0.3, -0.25) is 9.59 Å². The SMILES string of the molecule is CCOC(=O)c1ccc(N2C(=O)C[C@@H]([NH2+]CCc3ccccc3F)C2=O)cc1. The molecule has 0 saturated carbocycles. The standard InChI is InChI=1S/C21H21FN2O4/c1-2-28-21(27)15-7-9-16(10-8-15)24-19(25)13-18(20(24)26)23-12-11-14-5-3-4-6-17(14)22/h3-10,18,23H,2,11-13H2,1H3/p+1/t18-/m1/s1. The Morgan fingerprint density at radius 3 is 2.57 bits per heavy atom. The van der Waals surface area contributed by atoms with Crippen molar-refractivity contribution in [1.82, 2.24) is 0 Å². The van der Waals surface area contributed by atoms with Gasteiger partial charge in [-0.1, -0.05) is 18.2 Å². The van der Waals surface area contributed by atoms with Gasteiger partial charge in [-0.15, -0.1) is 0 Å². The van der Waals surface area contributed by atoms with Gasteiger partial charge < -0.3 is 10.1 Å². The van der Waals surface area contributed by atoms with Crippen molar-refractivity contribution in [1.29, 1.82) is 0 Å². The summed E-state index contributed by atoms with van der Waals surface area (Å²) in [6.07, 6.45) is 0.564. The number of nitrogens with zero attached hydrogens (tertiary/aromatic N) is 1. The molecule has 2 aromatic carbocycles. The molecule has 1 aliphatic heterocycles. The first-order chi connectivity index (χ1) is 13.5. The van der Waals surface area contributed by atoms with Crippen molar-refractivity contribution < 1.29 is 28.8 Å². The number of hydrogen-bond acceptors (Lipinski definition) is 4. The number of benzene rings is 2. The van der Waals surface area contributed by atoms with Crippen LogP contribution >= 0.6 is 0 Å².